The van der Waals surface area contributed by atoms with Crippen molar-refractivity contribution in [3.8, 4) is 11.5 Å². The molecule has 11 rings (SSSR count). The highest BCUT2D eigenvalue weighted by Crippen LogP contribution is 2.71. The van der Waals surface area contributed by atoms with Gasteiger partial charge < -0.3 is 38.6 Å². The maximum atomic E-state index is 9.25. The molecule has 8 aliphatic carbocycles. The molecule has 1 heterocycles. The third kappa shape index (κ3) is 5.79. The van der Waals surface area contributed by atoms with Crippen molar-refractivity contribution in [1.29, 1.82) is 0 Å². The maximum Gasteiger partial charge on any atom is 0.260 e. The van der Waals surface area contributed by atoms with Gasteiger partial charge in [0.25, 0.3) is 5.79 Å². The average molecular weight is 721 g/mol. The summed E-state index contributed by atoms with van der Waals surface area (Å²) in [6.07, 6.45) is 10.9. The third-order valence-corrected chi connectivity index (χ3v) is 13.7. The Bertz CT molecular complexity index is 1590. The molecule has 10 heteroatoms. The van der Waals surface area contributed by atoms with Crippen LogP contribution in [0.5, 0.6) is 11.5 Å². The van der Waals surface area contributed by atoms with Crippen molar-refractivity contribution in [1.82, 2.24) is 0 Å². The quantitative estimate of drug-likeness (QED) is 0.188. The van der Waals surface area contributed by atoms with E-state index in [0.29, 0.717) is 42.8 Å². The minimum absolute atomic E-state index is 0.0179. The highest BCUT2D eigenvalue weighted by Gasteiger charge is 2.78. The van der Waals surface area contributed by atoms with E-state index in [1.165, 1.54) is 18.4 Å². The van der Waals surface area contributed by atoms with Crippen molar-refractivity contribution in [2.75, 3.05) is 54.9 Å². The van der Waals surface area contributed by atoms with Crippen LogP contribution in [0.2, 0.25) is 0 Å². The van der Waals surface area contributed by atoms with E-state index in [1.807, 2.05) is 36.4 Å². The summed E-state index contributed by atoms with van der Waals surface area (Å²) in [5, 5.41) is 18.4. The van der Waals surface area contributed by atoms with Crippen LogP contribution in [-0.2, 0) is 34.5 Å². The van der Waals surface area contributed by atoms with Crippen LogP contribution in [0.1, 0.15) is 75.3 Å². The van der Waals surface area contributed by atoms with Gasteiger partial charge in [-0.1, -0.05) is 24.3 Å². The van der Waals surface area contributed by atoms with Crippen molar-refractivity contribution in [2.24, 2.45) is 35.5 Å². The monoisotopic (exact) mass is 720 g/mol. The van der Waals surface area contributed by atoms with Crippen LogP contribution in [0.3, 0.4) is 0 Å². The Morgan fingerprint density at radius 1 is 0.692 bits per heavy atom. The Morgan fingerprint density at radius 2 is 1.27 bits per heavy atom. The molecular formula is C42H56O10. The fraction of sp³-hybridized carbons (Fsp3) is 0.667. The standard InChI is InChI=1S/C21H28O6.C21H28O4/c1-23-18-5-3-4-15(10-18)21(24-2)20(26-27-21)16-8-14-9-17(20)13-19(11-14,12-16)25-7-6-22;1-23-18-5-3-4-15(10-18)20(24-2)19-16-8-14-9-17(19)13-21(11-14,12-16)25-7-6-22/h3-5,10,14,16-17,22H,6-9,11-13H2,1-2H3;3-5,10,14,16-17,22H,6-9,11-13H2,1-2H3. The zero-order valence-electron chi connectivity index (χ0n) is 31.1. The first-order chi connectivity index (χ1) is 25.3. The van der Waals surface area contributed by atoms with Gasteiger partial charge in [0, 0.05) is 30.1 Å². The predicted octanol–water partition coefficient (Wildman–Crippen LogP) is 6.42. The molecule has 0 aromatic heterocycles. The molecule has 2 aromatic rings. The van der Waals surface area contributed by atoms with Crippen molar-refractivity contribution >= 4 is 5.76 Å². The fourth-order valence-electron chi connectivity index (χ4n) is 12.3. The Labute approximate surface area is 307 Å². The van der Waals surface area contributed by atoms with Crippen LogP contribution in [0.15, 0.2) is 54.1 Å². The summed E-state index contributed by atoms with van der Waals surface area (Å²) in [5.74, 6) is 4.84. The van der Waals surface area contributed by atoms with E-state index in [1.54, 1.807) is 28.4 Å². The minimum atomic E-state index is -0.914. The second-order valence-electron chi connectivity index (χ2n) is 16.4. The summed E-state index contributed by atoms with van der Waals surface area (Å²) in [6.45, 7) is 1.04. The Balaban J connectivity index is 0.000000149. The van der Waals surface area contributed by atoms with Gasteiger partial charge in [-0.05, 0) is 118 Å². The predicted molar refractivity (Wildman–Crippen MR) is 192 cm³/mol. The highest BCUT2D eigenvalue weighted by atomic mass is 17.3. The summed E-state index contributed by atoms with van der Waals surface area (Å²) in [6, 6.07) is 16.1. The maximum absolute atomic E-state index is 9.25. The Hall–Kier alpha value is -2.70. The lowest BCUT2D eigenvalue weighted by Gasteiger charge is -2.70. The number of aliphatic hydroxyl groups excluding tert-OH is 2. The van der Waals surface area contributed by atoms with E-state index in [2.05, 4.69) is 12.1 Å². The van der Waals surface area contributed by atoms with Gasteiger partial charge in [0.05, 0.1) is 59.0 Å². The Morgan fingerprint density at radius 3 is 1.81 bits per heavy atom. The molecule has 5 unspecified atom stereocenters. The Kier molecular flexibility index (Phi) is 9.89. The van der Waals surface area contributed by atoms with Gasteiger partial charge >= 0.3 is 0 Å². The zero-order valence-corrected chi connectivity index (χ0v) is 31.1. The molecule has 8 bridgehead atoms. The number of rotatable bonds is 12. The molecular weight excluding hydrogens is 664 g/mol. The smallest absolute Gasteiger partial charge is 0.260 e. The van der Waals surface area contributed by atoms with Gasteiger partial charge in [-0.3, -0.25) is 0 Å². The summed E-state index contributed by atoms with van der Waals surface area (Å²) in [5.41, 5.74) is 2.89. The van der Waals surface area contributed by atoms with Crippen LogP contribution in [0, 0.1) is 35.5 Å². The van der Waals surface area contributed by atoms with Gasteiger partial charge in [-0.2, -0.15) is 4.89 Å². The van der Waals surface area contributed by atoms with Crippen LogP contribution >= 0.6 is 0 Å². The number of hydrogen-bond acceptors (Lipinski definition) is 10. The van der Waals surface area contributed by atoms with E-state index in [-0.39, 0.29) is 24.4 Å². The SMILES string of the molecule is COC(=C1C2CC3CC1CC(OCCO)(C3)C2)c1cccc(OC)c1.COc1cccc(C2(OC)OOC23C2CC4CC3CC(OCCO)(C4)C2)c1. The number of aliphatic hydroxyl groups is 2. The molecule has 8 saturated carbocycles. The summed E-state index contributed by atoms with van der Waals surface area (Å²) < 4.78 is 35.2. The van der Waals surface area contributed by atoms with Gasteiger partial charge in [0.2, 0.25) is 0 Å². The first kappa shape index (κ1) is 36.3. The average Bonchev–Trinajstić information content (AvgIpc) is 3.14. The van der Waals surface area contributed by atoms with Crippen molar-refractivity contribution < 1.29 is 48.4 Å². The lowest BCUT2D eigenvalue weighted by molar-refractivity contribution is -0.647. The van der Waals surface area contributed by atoms with Gasteiger partial charge in [-0.25, -0.2) is 4.89 Å². The molecule has 2 aromatic carbocycles. The zero-order chi connectivity index (χ0) is 36.1. The van der Waals surface area contributed by atoms with E-state index >= 15 is 0 Å². The topological polar surface area (TPSA) is 114 Å². The second kappa shape index (κ2) is 14.2. The van der Waals surface area contributed by atoms with Gasteiger partial charge in [0.1, 0.15) is 17.3 Å². The van der Waals surface area contributed by atoms with Crippen molar-refractivity contribution in [3.05, 3.63) is 65.2 Å². The van der Waals surface area contributed by atoms with Crippen molar-refractivity contribution in [3.63, 3.8) is 0 Å². The van der Waals surface area contributed by atoms with Gasteiger partial charge in [0.15, 0.2) is 5.60 Å². The van der Waals surface area contributed by atoms with Crippen LogP contribution in [0.25, 0.3) is 5.76 Å². The highest BCUT2D eigenvalue weighted by molar-refractivity contribution is 5.66. The largest absolute Gasteiger partial charge is 0.497 e. The molecule has 1 aliphatic heterocycles. The van der Waals surface area contributed by atoms with E-state index < -0.39 is 11.4 Å². The molecule has 0 radical (unpaired) electrons. The number of benzene rings is 2. The molecule has 9 fully saturated rings. The fourth-order valence-corrected chi connectivity index (χ4v) is 12.3. The van der Waals surface area contributed by atoms with Gasteiger partial charge in [-0.15, -0.1) is 0 Å². The molecule has 10 nitrogen and oxygen atoms in total. The number of allylic oxidation sites excluding steroid dienone is 1. The molecule has 5 atom stereocenters. The van der Waals surface area contributed by atoms with Crippen LogP contribution in [-0.4, -0.2) is 81.9 Å². The molecule has 1 saturated heterocycles. The van der Waals surface area contributed by atoms with E-state index in [9.17, 15) is 10.2 Å². The summed E-state index contributed by atoms with van der Waals surface area (Å²) >= 11 is 0. The van der Waals surface area contributed by atoms with E-state index in [0.717, 1.165) is 85.7 Å². The number of ether oxygens (including phenoxy) is 6. The molecule has 9 aliphatic rings. The molecule has 1 spiro atoms. The number of methoxy groups -OCH3 is 4. The molecule has 284 valence electrons. The minimum Gasteiger partial charge on any atom is -0.497 e. The molecule has 52 heavy (non-hydrogen) atoms. The summed E-state index contributed by atoms with van der Waals surface area (Å²) in [7, 11) is 6.85. The molecule has 2 N–H and O–H groups in total. The lowest BCUT2D eigenvalue weighted by Crippen LogP contribution is -2.78. The third-order valence-electron chi connectivity index (χ3n) is 13.7. The second-order valence-corrected chi connectivity index (χ2v) is 16.4. The van der Waals surface area contributed by atoms with E-state index in [4.69, 9.17) is 38.2 Å². The van der Waals surface area contributed by atoms with Crippen molar-refractivity contribution in [2.45, 2.75) is 86.8 Å². The first-order valence-electron chi connectivity index (χ1n) is 19.3. The first-order valence-corrected chi connectivity index (χ1v) is 19.3. The lowest BCUT2D eigenvalue weighted by atomic mass is 9.45. The molecule has 0 amide bonds. The summed E-state index contributed by atoms with van der Waals surface area (Å²) in [4.78, 5) is 11.8. The van der Waals surface area contributed by atoms with Crippen LogP contribution in [0.4, 0.5) is 0 Å². The van der Waals surface area contributed by atoms with Crippen LogP contribution < -0.4 is 9.47 Å². The normalized spacial score (nSPS) is 38.8. The number of hydrogen-bond donors (Lipinski definition) is 2.